The smallest absolute Gasteiger partial charge is 0.139 e. The van der Waals surface area contributed by atoms with Crippen LogP contribution < -0.4 is 0 Å². The normalized spacial score (nSPS) is 12.1. The molecule has 5 nitrogen and oxygen atoms in total. The highest BCUT2D eigenvalue weighted by Crippen LogP contribution is 2.31. The number of pyridine rings is 2. The highest BCUT2D eigenvalue weighted by Gasteiger charge is 2.10. The Bertz CT molecular complexity index is 913. The van der Waals surface area contributed by atoms with Crippen LogP contribution in [-0.2, 0) is 0 Å². The average Bonchev–Trinajstić information content (AvgIpc) is 3.10. The molecule has 0 bridgehead atoms. The molecule has 0 fully saturated rings. The lowest BCUT2D eigenvalue weighted by molar-refractivity contribution is 1.01. The van der Waals surface area contributed by atoms with E-state index in [-0.39, 0.29) is 0 Å². The van der Waals surface area contributed by atoms with Crippen molar-refractivity contribution in [3.63, 3.8) is 0 Å². The van der Waals surface area contributed by atoms with Crippen molar-refractivity contribution in [3.05, 3.63) is 42.9 Å². The first kappa shape index (κ1) is 12.2. The second kappa shape index (κ2) is 4.79. The Morgan fingerprint density at radius 1 is 1.10 bits per heavy atom. The molecule has 4 rings (SSSR count). The van der Waals surface area contributed by atoms with Gasteiger partial charge in [-0.05, 0) is 46.3 Å². The summed E-state index contributed by atoms with van der Waals surface area (Å²) in [5.41, 5.74) is 3.91. The van der Waals surface area contributed by atoms with Crippen LogP contribution in [-0.4, -0.2) is 24.5 Å². The second-order valence-corrected chi connectivity index (χ2v) is 6.39. The molecular formula is C13H9IN5P. The van der Waals surface area contributed by atoms with Crippen LogP contribution in [0.15, 0.2) is 42.9 Å². The summed E-state index contributed by atoms with van der Waals surface area (Å²) in [5, 5.41) is 6.49. The molecule has 4 heterocycles. The minimum Gasteiger partial charge on any atom is -0.339 e. The van der Waals surface area contributed by atoms with Crippen molar-refractivity contribution >= 4 is 50.4 Å². The summed E-state index contributed by atoms with van der Waals surface area (Å²) < 4.78 is 1.96. The van der Waals surface area contributed by atoms with Crippen LogP contribution >= 0.6 is 28.4 Å². The van der Waals surface area contributed by atoms with Crippen LogP contribution in [0.2, 0.25) is 0 Å². The highest BCUT2D eigenvalue weighted by molar-refractivity contribution is 14.2. The molecule has 0 amide bonds. The zero-order valence-electron chi connectivity index (χ0n) is 10.2. The standard InChI is InChI=1S/C13H9IN5P/c14-20-19-12(4-6-16-19)11-2-1-8-9-7-15-5-3-10(9)17-13(8)18-11/h1-7,20H,(H,17,18). The van der Waals surface area contributed by atoms with Crippen LogP contribution in [0.25, 0.3) is 33.3 Å². The predicted molar refractivity (Wildman–Crippen MR) is 90.3 cm³/mol. The van der Waals surface area contributed by atoms with E-state index in [2.05, 4.69) is 43.2 Å². The minimum atomic E-state index is 0.562. The molecule has 1 atom stereocenters. The van der Waals surface area contributed by atoms with E-state index in [1.165, 1.54) is 0 Å². The molecule has 0 aliphatic rings. The fraction of sp³-hybridized carbons (Fsp3) is 0. The van der Waals surface area contributed by atoms with Gasteiger partial charge in [-0.3, -0.25) is 4.98 Å². The molecule has 0 radical (unpaired) electrons. The average molecular weight is 393 g/mol. The summed E-state index contributed by atoms with van der Waals surface area (Å²) in [4.78, 5) is 12.2. The van der Waals surface area contributed by atoms with Crippen LogP contribution in [0.3, 0.4) is 0 Å². The molecule has 0 aromatic carbocycles. The van der Waals surface area contributed by atoms with E-state index >= 15 is 0 Å². The fourth-order valence-corrected chi connectivity index (χ4v) is 3.87. The summed E-state index contributed by atoms with van der Waals surface area (Å²) in [6.45, 7) is 0. The molecule has 7 heteroatoms. The van der Waals surface area contributed by atoms with Gasteiger partial charge in [-0.1, -0.05) is 0 Å². The molecule has 0 aliphatic carbocycles. The molecule has 1 N–H and O–H groups in total. The van der Waals surface area contributed by atoms with Gasteiger partial charge in [-0.15, -0.1) is 0 Å². The minimum absolute atomic E-state index is 0.562. The van der Waals surface area contributed by atoms with Gasteiger partial charge in [0.15, 0.2) is 0 Å². The fourth-order valence-electron chi connectivity index (χ4n) is 2.32. The number of H-pyrrole nitrogens is 1. The van der Waals surface area contributed by atoms with Gasteiger partial charge in [0.05, 0.1) is 23.3 Å². The van der Waals surface area contributed by atoms with Gasteiger partial charge in [-0.25, -0.2) is 9.44 Å². The monoisotopic (exact) mass is 393 g/mol. The summed E-state index contributed by atoms with van der Waals surface area (Å²) >= 11 is 2.32. The molecule has 20 heavy (non-hydrogen) atoms. The molecule has 0 saturated heterocycles. The van der Waals surface area contributed by atoms with E-state index < -0.39 is 0 Å². The first-order chi connectivity index (χ1) is 9.86. The van der Waals surface area contributed by atoms with E-state index in [1.807, 2.05) is 35.0 Å². The molecule has 98 valence electrons. The molecule has 0 aliphatic heterocycles. The zero-order valence-corrected chi connectivity index (χ0v) is 13.4. The number of aromatic nitrogens is 5. The lowest BCUT2D eigenvalue weighted by Crippen LogP contribution is -1.90. The third kappa shape index (κ3) is 1.83. The van der Waals surface area contributed by atoms with E-state index in [4.69, 9.17) is 4.98 Å². The van der Waals surface area contributed by atoms with Gasteiger partial charge in [0, 0.05) is 29.4 Å². The lowest BCUT2D eigenvalue weighted by atomic mass is 10.2. The number of nitrogens with one attached hydrogen (secondary N) is 1. The number of aromatic amines is 1. The van der Waals surface area contributed by atoms with Crippen molar-refractivity contribution in [1.29, 1.82) is 0 Å². The molecular weight excluding hydrogens is 384 g/mol. The number of hydrogen-bond donors (Lipinski definition) is 1. The van der Waals surface area contributed by atoms with Crippen molar-refractivity contribution < 1.29 is 0 Å². The van der Waals surface area contributed by atoms with Gasteiger partial charge in [0.2, 0.25) is 0 Å². The summed E-state index contributed by atoms with van der Waals surface area (Å²) in [7, 11) is 0. The summed E-state index contributed by atoms with van der Waals surface area (Å²) in [6.07, 6.45) is 6.02. The number of hydrogen-bond acceptors (Lipinski definition) is 3. The third-order valence-electron chi connectivity index (χ3n) is 3.24. The number of fused-ring (bicyclic) bond motifs is 3. The van der Waals surface area contributed by atoms with Crippen LogP contribution in [0.4, 0.5) is 0 Å². The quantitative estimate of drug-likeness (QED) is 0.417. The Balaban J connectivity index is 1.97. The van der Waals surface area contributed by atoms with Gasteiger partial charge in [0.1, 0.15) is 5.65 Å². The van der Waals surface area contributed by atoms with E-state index in [0.29, 0.717) is 6.37 Å². The summed E-state index contributed by atoms with van der Waals surface area (Å²) in [6, 6.07) is 8.08. The van der Waals surface area contributed by atoms with Crippen LogP contribution in [0.5, 0.6) is 0 Å². The Morgan fingerprint density at radius 2 is 2.05 bits per heavy atom. The van der Waals surface area contributed by atoms with Crippen molar-refractivity contribution in [2.45, 2.75) is 0 Å². The highest BCUT2D eigenvalue weighted by atomic mass is 127. The molecule has 0 saturated carbocycles. The Kier molecular flexibility index (Phi) is 2.93. The van der Waals surface area contributed by atoms with Crippen molar-refractivity contribution in [3.8, 4) is 11.4 Å². The van der Waals surface area contributed by atoms with Crippen molar-refractivity contribution in [2.75, 3.05) is 0 Å². The maximum Gasteiger partial charge on any atom is 0.139 e. The Hall–Kier alpha value is -1.53. The number of halogens is 1. The molecule has 0 spiro atoms. The Labute approximate surface area is 129 Å². The first-order valence-electron chi connectivity index (χ1n) is 6.00. The molecule has 1 unspecified atom stereocenters. The van der Waals surface area contributed by atoms with Crippen molar-refractivity contribution in [2.24, 2.45) is 0 Å². The van der Waals surface area contributed by atoms with Gasteiger partial charge < -0.3 is 4.98 Å². The summed E-state index contributed by atoms with van der Waals surface area (Å²) in [5.74, 6) is 0. The maximum absolute atomic E-state index is 4.72. The molecule has 4 aromatic heterocycles. The first-order valence-corrected chi connectivity index (χ1v) is 10.1. The van der Waals surface area contributed by atoms with Crippen LogP contribution in [0, 0.1) is 0 Å². The van der Waals surface area contributed by atoms with Gasteiger partial charge in [-0.2, -0.15) is 5.10 Å². The number of nitrogens with zero attached hydrogens (tertiary/aromatic N) is 4. The molecule has 4 aromatic rings. The van der Waals surface area contributed by atoms with Gasteiger partial charge in [0.25, 0.3) is 0 Å². The third-order valence-corrected chi connectivity index (χ3v) is 5.13. The van der Waals surface area contributed by atoms with E-state index in [1.54, 1.807) is 6.20 Å². The largest absolute Gasteiger partial charge is 0.339 e. The lowest BCUT2D eigenvalue weighted by Gasteiger charge is -2.02. The SMILES string of the molecule is IPn1nccc1-c1ccc2c(n1)[nH]c1ccncc12. The van der Waals surface area contributed by atoms with Crippen molar-refractivity contribution in [1.82, 2.24) is 24.5 Å². The van der Waals surface area contributed by atoms with E-state index in [0.717, 1.165) is 33.3 Å². The second-order valence-electron chi connectivity index (χ2n) is 4.35. The zero-order chi connectivity index (χ0) is 13.5. The predicted octanol–water partition coefficient (Wildman–Crippen LogP) is 3.77. The maximum atomic E-state index is 4.72. The Morgan fingerprint density at radius 3 is 2.95 bits per heavy atom. The van der Waals surface area contributed by atoms with Gasteiger partial charge >= 0.3 is 0 Å². The number of rotatable bonds is 2. The topological polar surface area (TPSA) is 59.4 Å². The van der Waals surface area contributed by atoms with E-state index in [9.17, 15) is 0 Å². The van der Waals surface area contributed by atoms with Crippen LogP contribution in [0.1, 0.15) is 0 Å².